The minimum atomic E-state index is -1.97. The number of carbonyl (C=O) groups excluding carboxylic acids is 2. The molecule has 1 heterocycles. The minimum Gasteiger partial charge on any atom is -0.462 e. The topological polar surface area (TPSA) is 61.8 Å². The molecular weight excluding hydrogens is 516 g/mol. The lowest BCUT2D eigenvalue weighted by molar-refractivity contribution is -0.141. The maximum absolute atomic E-state index is 13.2. The Kier molecular flexibility index (Phi) is 9.73. The number of esters is 2. The van der Waals surface area contributed by atoms with Crippen LogP contribution >= 0.6 is 0 Å². The summed E-state index contributed by atoms with van der Waals surface area (Å²) in [4.78, 5) is 25.4. The van der Waals surface area contributed by atoms with Crippen molar-refractivity contribution in [3.8, 4) is 11.1 Å². The fourth-order valence-electron chi connectivity index (χ4n) is 5.52. The van der Waals surface area contributed by atoms with Crippen molar-refractivity contribution >= 4 is 20.3 Å². The Balaban J connectivity index is 1.50. The molecule has 2 aromatic carbocycles. The third-order valence-electron chi connectivity index (χ3n) is 8.93. The van der Waals surface area contributed by atoms with Crippen molar-refractivity contribution in [2.24, 2.45) is 11.8 Å². The van der Waals surface area contributed by atoms with E-state index < -0.39 is 8.32 Å². The second-order valence-corrected chi connectivity index (χ2v) is 17.7. The molecule has 0 bridgehead atoms. The molecule has 2 aromatic rings. The van der Waals surface area contributed by atoms with Gasteiger partial charge in [-0.3, -0.25) is 4.79 Å². The first kappa shape index (κ1) is 30.3. The minimum absolute atomic E-state index is 0.00592. The molecule has 5 atom stereocenters. The van der Waals surface area contributed by atoms with Gasteiger partial charge in [0.25, 0.3) is 0 Å². The summed E-state index contributed by atoms with van der Waals surface area (Å²) in [5, 5.41) is 0.113. The highest BCUT2D eigenvalue weighted by Gasteiger charge is 2.51. The molecule has 0 aromatic heterocycles. The van der Waals surface area contributed by atoms with Gasteiger partial charge in [-0.15, -0.1) is 0 Å². The van der Waals surface area contributed by atoms with Gasteiger partial charge in [0.2, 0.25) is 0 Å². The van der Waals surface area contributed by atoms with Crippen molar-refractivity contribution < 1.29 is 23.5 Å². The SMILES string of the molecule is CCCCCC(/C=C/C1C(OC(=O)c2ccc(-c3ccccc3)cc2)CC2OC(=O)CC21)O[Si](C)(C)C(C)(C)C. The van der Waals surface area contributed by atoms with Crippen LogP contribution in [0, 0.1) is 11.8 Å². The Hall–Kier alpha value is -2.70. The van der Waals surface area contributed by atoms with E-state index in [4.69, 9.17) is 13.9 Å². The Morgan fingerprint density at radius 2 is 1.73 bits per heavy atom. The van der Waals surface area contributed by atoms with Gasteiger partial charge >= 0.3 is 11.9 Å². The number of hydrogen-bond acceptors (Lipinski definition) is 5. The van der Waals surface area contributed by atoms with Crippen LogP contribution in [-0.4, -0.2) is 38.6 Å². The Morgan fingerprint density at radius 1 is 1.05 bits per heavy atom. The summed E-state index contributed by atoms with van der Waals surface area (Å²) < 4.78 is 18.5. The smallest absolute Gasteiger partial charge is 0.338 e. The van der Waals surface area contributed by atoms with E-state index in [1.807, 2.05) is 54.6 Å². The van der Waals surface area contributed by atoms with Crippen molar-refractivity contribution in [3.05, 3.63) is 72.3 Å². The quantitative estimate of drug-likeness (QED) is 0.119. The van der Waals surface area contributed by atoms with E-state index in [0.29, 0.717) is 18.4 Å². The van der Waals surface area contributed by atoms with E-state index in [1.165, 1.54) is 6.42 Å². The van der Waals surface area contributed by atoms with E-state index in [2.05, 4.69) is 52.9 Å². The van der Waals surface area contributed by atoms with Crippen molar-refractivity contribution in [2.45, 2.75) is 103 Å². The second kappa shape index (κ2) is 12.9. The highest BCUT2D eigenvalue weighted by Crippen LogP contribution is 2.44. The zero-order valence-electron chi connectivity index (χ0n) is 25.0. The molecule has 1 aliphatic carbocycles. The molecule has 5 nitrogen and oxygen atoms in total. The molecule has 0 N–H and O–H groups in total. The fourth-order valence-corrected chi connectivity index (χ4v) is 6.83. The maximum atomic E-state index is 13.2. The average molecular weight is 563 g/mol. The monoisotopic (exact) mass is 562 g/mol. The van der Waals surface area contributed by atoms with Crippen LogP contribution in [-0.2, 0) is 18.7 Å². The first-order valence-electron chi connectivity index (χ1n) is 14.9. The van der Waals surface area contributed by atoms with Crippen LogP contribution in [0.3, 0.4) is 0 Å². The van der Waals surface area contributed by atoms with Crippen LogP contribution < -0.4 is 0 Å². The van der Waals surface area contributed by atoms with Crippen molar-refractivity contribution in [3.63, 3.8) is 0 Å². The highest BCUT2D eigenvalue weighted by atomic mass is 28.4. The summed E-state index contributed by atoms with van der Waals surface area (Å²) in [7, 11) is -1.97. The Bertz CT molecular complexity index is 1170. The molecule has 5 unspecified atom stereocenters. The molecule has 1 saturated heterocycles. The molecule has 2 aliphatic rings. The number of fused-ring (bicyclic) bond motifs is 1. The summed E-state index contributed by atoms with van der Waals surface area (Å²) >= 11 is 0. The molecule has 2 fully saturated rings. The van der Waals surface area contributed by atoms with Gasteiger partial charge in [-0.2, -0.15) is 0 Å². The molecule has 0 radical (unpaired) electrons. The van der Waals surface area contributed by atoms with Crippen LogP contribution in [0.25, 0.3) is 11.1 Å². The van der Waals surface area contributed by atoms with Gasteiger partial charge in [0.1, 0.15) is 12.2 Å². The van der Waals surface area contributed by atoms with E-state index in [-0.39, 0.29) is 47.1 Å². The van der Waals surface area contributed by atoms with Crippen LogP contribution in [0.2, 0.25) is 18.1 Å². The van der Waals surface area contributed by atoms with Crippen molar-refractivity contribution in [2.75, 3.05) is 0 Å². The lowest BCUT2D eigenvalue weighted by atomic mass is 9.91. The predicted molar refractivity (Wildman–Crippen MR) is 163 cm³/mol. The normalized spacial score (nSPS) is 23.7. The summed E-state index contributed by atoms with van der Waals surface area (Å²) in [5.41, 5.74) is 2.68. The zero-order valence-corrected chi connectivity index (χ0v) is 26.0. The third kappa shape index (κ3) is 7.32. The largest absolute Gasteiger partial charge is 0.462 e. The number of ether oxygens (including phenoxy) is 2. The van der Waals surface area contributed by atoms with E-state index >= 15 is 0 Å². The van der Waals surface area contributed by atoms with E-state index in [0.717, 1.165) is 30.4 Å². The maximum Gasteiger partial charge on any atom is 0.338 e. The molecule has 6 heteroatoms. The lowest BCUT2D eigenvalue weighted by Gasteiger charge is -2.39. The molecule has 0 amide bonds. The lowest BCUT2D eigenvalue weighted by Crippen LogP contribution is -2.43. The van der Waals surface area contributed by atoms with Gasteiger partial charge in [0.05, 0.1) is 18.1 Å². The van der Waals surface area contributed by atoms with Crippen LogP contribution in [0.5, 0.6) is 0 Å². The molecule has 216 valence electrons. The highest BCUT2D eigenvalue weighted by molar-refractivity contribution is 6.74. The molecule has 1 saturated carbocycles. The van der Waals surface area contributed by atoms with Gasteiger partial charge < -0.3 is 13.9 Å². The molecular formula is C34H46O5Si. The molecule has 40 heavy (non-hydrogen) atoms. The van der Waals surface area contributed by atoms with E-state index in [9.17, 15) is 9.59 Å². The van der Waals surface area contributed by atoms with Crippen molar-refractivity contribution in [1.82, 2.24) is 0 Å². The molecule has 0 spiro atoms. The van der Waals surface area contributed by atoms with Crippen LogP contribution in [0.1, 0.15) is 76.6 Å². The molecule has 1 aliphatic heterocycles. The average Bonchev–Trinajstić information content (AvgIpc) is 3.42. The van der Waals surface area contributed by atoms with Crippen molar-refractivity contribution in [1.29, 1.82) is 0 Å². The van der Waals surface area contributed by atoms with Gasteiger partial charge in [0.15, 0.2) is 8.32 Å². The predicted octanol–water partition coefficient (Wildman–Crippen LogP) is 8.36. The Morgan fingerprint density at radius 3 is 2.38 bits per heavy atom. The standard InChI is InChI=1S/C34H46O5Si/c1-7-8-10-15-27(39-40(5,6)34(2,3)4)20-21-28-29-22-32(35)37-31(29)23-30(28)38-33(36)26-18-16-25(17-19-26)24-13-11-9-12-14-24/h9,11-14,16-21,27-31H,7-8,10,15,22-23H2,1-6H3/b21-20+. The number of carbonyl (C=O) groups is 2. The number of rotatable bonds is 11. The molecule has 4 rings (SSSR count). The summed E-state index contributed by atoms with van der Waals surface area (Å²) in [6.07, 6.45) is 9.09. The van der Waals surface area contributed by atoms with Crippen LogP contribution in [0.4, 0.5) is 0 Å². The third-order valence-corrected chi connectivity index (χ3v) is 13.4. The Labute approximate surface area is 241 Å². The van der Waals surface area contributed by atoms with Gasteiger partial charge in [-0.1, -0.05) is 102 Å². The fraction of sp³-hybridized carbons (Fsp3) is 0.529. The second-order valence-electron chi connectivity index (χ2n) is 12.9. The van der Waals surface area contributed by atoms with Gasteiger partial charge in [0, 0.05) is 18.3 Å². The van der Waals surface area contributed by atoms with Gasteiger partial charge in [-0.05, 0) is 47.8 Å². The number of benzene rings is 2. The number of hydrogen-bond donors (Lipinski definition) is 0. The summed E-state index contributed by atoms with van der Waals surface area (Å²) in [6, 6.07) is 17.6. The zero-order chi connectivity index (χ0) is 28.9. The summed E-state index contributed by atoms with van der Waals surface area (Å²) in [5.74, 6) is -0.565. The number of unbranched alkanes of at least 4 members (excludes halogenated alkanes) is 2. The summed E-state index contributed by atoms with van der Waals surface area (Å²) in [6.45, 7) is 13.6. The van der Waals surface area contributed by atoms with Gasteiger partial charge in [-0.25, -0.2) is 4.79 Å². The first-order chi connectivity index (χ1) is 19.0. The first-order valence-corrected chi connectivity index (χ1v) is 17.8. The van der Waals surface area contributed by atoms with Crippen LogP contribution in [0.15, 0.2) is 66.7 Å². The van der Waals surface area contributed by atoms with E-state index in [1.54, 1.807) is 0 Å².